The van der Waals surface area contributed by atoms with Crippen LogP contribution in [0.25, 0.3) is 0 Å². The predicted octanol–water partition coefficient (Wildman–Crippen LogP) is 3.00. The first-order valence-electron chi connectivity index (χ1n) is 5.97. The Morgan fingerprint density at radius 2 is 1.86 bits per heavy atom. The van der Waals surface area contributed by atoms with Crippen molar-refractivity contribution in [2.24, 2.45) is 0 Å². The van der Waals surface area contributed by atoms with Crippen molar-refractivity contribution in [2.45, 2.75) is 0 Å². The molecule has 21 heavy (non-hydrogen) atoms. The second kappa shape index (κ2) is 6.56. The topological polar surface area (TPSA) is 71.1 Å². The van der Waals surface area contributed by atoms with Gasteiger partial charge in [-0.25, -0.2) is 4.98 Å². The van der Waals surface area contributed by atoms with E-state index in [1.54, 1.807) is 24.3 Å². The summed E-state index contributed by atoms with van der Waals surface area (Å²) in [6, 6.07) is 9.49. The Kier molecular flexibility index (Phi) is 4.77. The third-order valence-corrected chi connectivity index (χ3v) is 3.15. The van der Waals surface area contributed by atoms with Gasteiger partial charge in [0.05, 0.1) is 5.02 Å². The van der Waals surface area contributed by atoms with Gasteiger partial charge in [0.25, 0.3) is 11.8 Å². The number of carbonyl (C=O) groups is 2. The van der Waals surface area contributed by atoms with Gasteiger partial charge in [-0.15, -0.1) is 0 Å². The standard InChI is InChI=1S/C14H11Cl2N3O2/c1-17-13(20)8-3-2-4-9(7-8)18-14(21)12-10(15)5-6-11(16)19-12/h2-7H,1H3,(H,17,20)(H,18,21). The van der Waals surface area contributed by atoms with Gasteiger partial charge in [0.1, 0.15) is 10.8 Å². The van der Waals surface area contributed by atoms with Crippen LogP contribution in [-0.2, 0) is 0 Å². The minimum absolute atomic E-state index is 0.0227. The number of halogens is 2. The molecule has 5 nitrogen and oxygen atoms in total. The molecule has 0 saturated carbocycles. The lowest BCUT2D eigenvalue weighted by Crippen LogP contribution is -2.19. The highest BCUT2D eigenvalue weighted by molar-refractivity contribution is 6.35. The van der Waals surface area contributed by atoms with Crippen LogP contribution in [0.3, 0.4) is 0 Å². The molecular formula is C14H11Cl2N3O2. The van der Waals surface area contributed by atoms with Gasteiger partial charge in [-0.3, -0.25) is 9.59 Å². The summed E-state index contributed by atoms with van der Waals surface area (Å²) in [5, 5.41) is 5.49. The first kappa shape index (κ1) is 15.3. The van der Waals surface area contributed by atoms with E-state index in [0.717, 1.165) is 0 Å². The van der Waals surface area contributed by atoms with Crippen LogP contribution in [0.15, 0.2) is 36.4 Å². The largest absolute Gasteiger partial charge is 0.355 e. The second-order valence-electron chi connectivity index (χ2n) is 4.08. The van der Waals surface area contributed by atoms with Gasteiger partial charge in [-0.05, 0) is 30.3 Å². The van der Waals surface area contributed by atoms with Gasteiger partial charge in [0.2, 0.25) is 0 Å². The molecule has 1 heterocycles. The van der Waals surface area contributed by atoms with Crippen molar-refractivity contribution in [3.63, 3.8) is 0 Å². The van der Waals surface area contributed by atoms with E-state index in [1.807, 2.05) is 0 Å². The third-order valence-electron chi connectivity index (χ3n) is 2.64. The first-order chi connectivity index (χ1) is 10.0. The number of anilines is 1. The molecule has 0 aliphatic carbocycles. The highest BCUT2D eigenvalue weighted by atomic mass is 35.5. The highest BCUT2D eigenvalue weighted by Crippen LogP contribution is 2.19. The normalized spacial score (nSPS) is 10.0. The van der Waals surface area contributed by atoms with Gasteiger partial charge >= 0.3 is 0 Å². The molecule has 2 aromatic rings. The van der Waals surface area contributed by atoms with E-state index in [0.29, 0.717) is 11.3 Å². The third kappa shape index (κ3) is 3.71. The summed E-state index contributed by atoms with van der Waals surface area (Å²) >= 11 is 11.7. The molecule has 1 aromatic heterocycles. The molecule has 108 valence electrons. The van der Waals surface area contributed by atoms with Gasteiger partial charge in [0, 0.05) is 18.3 Å². The molecular weight excluding hydrogens is 313 g/mol. The van der Waals surface area contributed by atoms with Crippen molar-refractivity contribution in [3.8, 4) is 0 Å². The zero-order valence-corrected chi connectivity index (χ0v) is 12.5. The fourth-order valence-electron chi connectivity index (χ4n) is 1.65. The van der Waals surface area contributed by atoms with Crippen molar-refractivity contribution in [1.29, 1.82) is 0 Å². The average Bonchev–Trinajstić information content (AvgIpc) is 2.49. The molecule has 0 aliphatic rings. The molecule has 2 amide bonds. The van der Waals surface area contributed by atoms with Gasteiger partial charge in [0.15, 0.2) is 0 Å². The van der Waals surface area contributed by atoms with Crippen LogP contribution in [0.4, 0.5) is 5.69 Å². The Morgan fingerprint density at radius 1 is 1.10 bits per heavy atom. The zero-order chi connectivity index (χ0) is 15.4. The molecule has 0 spiro atoms. The van der Waals surface area contributed by atoms with Gasteiger partial charge in [-0.2, -0.15) is 0 Å². The van der Waals surface area contributed by atoms with E-state index in [4.69, 9.17) is 23.2 Å². The Labute approximate surface area is 131 Å². The predicted molar refractivity (Wildman–Crippen MR) is 82.0 cm³/mol. The zero-order valence-electron chi connectivity index (χ0n) is 11.0. The molecule has 1 aromatic carbocycles. The Morgan fingerprint density at radius 3 is 2.57 bits per heavy atom. The van der Waals surface area contributed by atoms with Gasteiger partial charge in [-0.1, -0.05) is 29.3 Å². The fourth-order valence-corrected chi connectivity index (χ4v) is 1.99. The summed E-state index contributed by atoms with van der Waals surface area (Å²) in [6.45, 7) is 0. The number of pyridine rings is 1. The Hall–Kier alpha value is -2.11. The van der Waals surface area contributed by atoms with Gasteiger partial charge < -0.3 is 10.6 Å². The summed E-state index contributed by atoms with van der Waals surface area (Å²) < 4.78 is 0. The van der Waals surface area contributed by atoms with E-state index in [9.17, 15) is 9.59 Å². The molecule has 0 atom stereocenters. The molecule has 0 unspecified atom stereocenters. The number of rotatable bonds is 3. The van der Waals surface area contributed by atoms with Crippen LogP contribution in [0.1, 0.15) is 20.8 Å². The van der Waals surface area contributed by atoms with E-state index in [-0.39, 0.29) is 21.8 Å². The van der Waals surface area contributed by atoms with Crippen molar-refractivity contribution in [2.75, 3.05) is 12.4 Å². The molecule has 7 heteroatoms. The summed E-state index contributed by atoms with van der Waals surface area (Å²) in [6.07, 6.45) is 0. The summed E-state index contributed by atoms with van der Waals surface area (Å²) in [7, 11) is 1.53. The van der Waals surface area contributed by atoms with Crippen molar-refractivity contribution in [3.05, 3.63) is 57.8 Å². The number of carbonyl (C=O) groups excluding carboxylic acids is 2. The Bertz CT molecular complexity index is 704. The number of amides is 2. The summed E-state index contributed by atoms with van der Waals surface area (Å²) in [5.74, 6) is -0.749. The maximum atomic E-state index is 12.1. The molecule has 2 rings (SSSR count). The molecule has 2 N–H and O–H groups in total. The SMILES string of the molecule is CNC(=O)c1cccc(NC(=O)c2nc(Cl)ccc2Cl)c1. The van der Waals surface area contributed by atoms with E-state index >= 15 is 0 Å². The lowest BCUT2D eigenvalue weighted by atomic mass is 10.2. The minimum atomic E-state index is -0.503. The van der Waals surface area contributed by atoms with Crippen molar-refractivity contribution < 1.29 is 9.59 Å². The number of nitrogens with zero attached hydrogens (tertiary/aromatic N) is 1. The molecule has 0 aliphatic heterocycles. The Balaban J connectivity index is 2.23. The van der Waals surface area contributed by atoms with E-state index in [1.165, 1.54) is 19.2 Å². The molecule has 0 radical (unpaired) electrons. The maximum Gasteiger partial charge on any atom is 0.275 e. The fraction of sp³-hybridized carbons (Fsp3) is 0.0714. The molecule has 0 bridgehead atoms. The number of nitrogens with one attached hydrogen (secondary N) is 2. The lowest BCUT2D eigenvalue weighted by Gasteiger charge is -2.08. The summed E-state index contributed by atoms with van der Waals surface area (Å²) in [5.41, 5.74) is 0.911. The number of hydrogen-bond acceptors (Lipinski definition) is 3. The first-order valence-corrected chi connectivity index (χ1v) is 6.72. The second-order valence-corrected chi connectivity index (χ2v) is 4.87. The van der Waals surface area contributed by atoms with Crippen LogP contribution in [0, 0.1) is 0 Å². The minimum Gasteiger partial charge on any atom is -0.355 e. The lowest BCUT2D eigenvalue weighted by molar-refractivity contribution is 0.0961. The van der Waals surface area contributed by atoms with E-state index in [2.05, 4.69) is 15.6 Å². The highest BCUT2D eigenvalue weighted by Gasteiger charge is 2.14. The van der Waals surface area contributed by atoms with Crippen molar-refractivity contribution in [1.82, 2.24) is 10.3 Å². The van der Waals surface area contributed by atoms with Crippen LogP contribution in [-0.4, -0.2) is 23.8 Å². The monoisotopic (exact) mass is 323 g/mol. The van der Waals surface area contributed by atoms with Crippen LogP contribution in [0.5, 0.6) is 0 Å². The number of aromatic nitrogens is 1. The van der Waals surface area contributed by atoms with Crippen LogP contribution >= 0.6 is 23.2 Å². The van der Waals surface area contributed by atoms with Crippen LogP contribution < -0.4 is 10.6 Å². The maximum absolute atomic E-state index is 12.1. The average molecular weight is 324 g/mol. The number of hydrogen-bond donors (Lipinski definition) is 2. The quantitative estimate of drug-likeness (QED) is 0.853. The molecule has 0 saturated heterocycles. The van der Waals surface area contributed by atoms with Crippen molar-refractivity contribution >= 4 is 40.7 Å². The smallest absolute Gasteiger partial charge is 0.275 e. The summed E-state index contributed by atoms with van der Waals surface area (Å²) in [4.78, 5) is 27.6. The van der Waals surface area contributed by atoms with E-state index < -0.39 is 5.91 Å². The van der Waals surface area contributed by atoms with Crippen LogP contribution in [0.2, 0.25) is 10.2 Å². The molecule has 0 fully saturated rings. The number of benzene rings is 1.